The average molecular weight is 408 g/mol. The molecule has 0 aliphatic rings. The van der Waals surface area contributed by atoms with Gasteiger partial charge in [-0.2, -0.15) is 0 Å². The van der Waals surface area contributed by atoms with Crippen molar-refractivity contribution in [1.82, 2.24) is 10.3 Å². The topological polar surface area (TPSA) is 68.3 Å². The lowest BCUT2D eigenvalue weighted by Crippen LogP contribution is -2.22. The second-order valence-electron chi connectivity index (χ2n) is 6.11. The van der Waals surface area contributed by atoms with Gasteiger partial charge < -0.3 is 10.1 Å². The van der Waals surface area contributed by atoms with Crippen molar-refractivity contribution in [1.29, 1.82) is 0 Å². The Morgan fingerprint density at radius 1 is 1.10 bits per heavy atom. The highest BCUT2D eigenvalue weighted by Crippen LogP contribution is 2.18. The van der Waals surface area contributed by atoms with Gasteiger partial charge in [-0.15, -0.1) is 11.3 Å². The maximum absolute atomic E-state index is 12.9. The van der Waals surface area contributed by atoms with Gasteiger partial charge in [0.1, 0.15) is 16.4 Å². The molecular weight excluding hydrogens is 391 g/mol. The van der Waals surface area contributed by atoms with Crippen LogP contribution in [0.15, 0.2) is 48.5 Å². The summed E-state index contributed by atoms with van der Waals surface area (Å²) in [7, 11) is 0. The molecule has 146 valence electrons. The maximum Gasteiger partial charge on any atom is 0.308 e. The molecule has 0 radical (unpaired) electrons. The van der Waals surface area contributed by atoms with Gasteiger partial charge in [-0.25, -0.2) is 9.37 Å². The van der Waals surface area contributed by atoms with Crippen LogP contribution in [0.5, 0.6) is 5.75 Å². The molecule has 3 rings (SSSR count). The number of aryl methyl sites for hydroxylation is 1. The number of esters is 1. The van der Waals surface area contributed by atoms with Crippen molar-refractivity contribution in [3.63, 3.8) is 0 Å². The zero-order valence-electron chi connectivity index (χ0n) is 15.8. The van der Waals surface area contributed by atoms with E-state index in [1.165, 1.54) is 30.4 Å². The molecule has 0 unspecified atom stereocenters. The monoisotopic (exact) mass is 408 g/mol. The summed E-state index contributed by atoms with van der Waals surface area (Å²) in [4.78, 5) is 28.2. The quantitative estimate of drug-likeness (QED) is 0.405. The first-order chi connectivity index (χ1) is 13.9. The van der Waals surface area contributed by atoms with Crippen LogP contribution >= 0.6 is 11.3 Å². The number of amides is 1. The smallest absolute Gasteiger partial charge is 0.308 e. The highest BCUT2D eigenvalue weighted by atomic mass is 32.1. The molecule has 0 fully saturated rings. The van der Waals surface area contributed by atoms with Gasteiger partial charge in [0.15, 0.2) is 5.01 Å². The summed E-state index contributed by atoms with van der Waals surface area (Å²) in [5, 5.41) is 3.33. The predicted octanol–water partition coefficient (Wildman–Crippen LogP) is 3.85. The molecule has 0 saturated carbocycles. The lowest BCUT2D eigenvalue weighted by molar-refractivity contribution is -0.131. The molecule has 1 N–H and O–H groups in total. The van der Waals surface area contributed by atoms with E-state index in [0.29, 0.717) is 27.9 Å². The Hall–Kier alpha value is -3.50. The number of carbonyl (C=O) groups is 2. The number of hydrogen-bond donors (Lipinski definition) is 1. The normalized spacial score (nSPS) is 10.0. The molecule has 0 saturated heterocycles. The lowest BCUT2D eigenvalue weighted by atomic mass is 10.2. The molecule has 0 aliphatic heterocycles. The summed E-state index contributed by atoms with van der Waals surface area (Å²) in [5.74, 6) is 5.43. The Balaban J connectivity index is 1.65. The minimum Gasteiger partial charge on any atom is -0.427 e. The summed E-state index contributed by atoms with van der Waals surface area (Å²) in [6.45, 7) is 3.39. The number of rotatable bonds is 4. The number of halogens is 1. The first-order valence-electron chi connectivity index (χ1n) is 8.71. The van der Waals surface area contributed by atoms with Crippen molar-refractivity contribution in [2.45, 2.75) is 20.4 Å². The van der Waals surface area contributed by atoms with E-state index in [9.17, 15) is 14.0 Å². The van der Waals surface area contributed by atoms with Crippen LogP contribution in [0, 0.1) is 24.6 Å². The van der Waals surface area contributed by atoms with E-state index in [2.05, 4.69) is 22.1 Å². The van der Waals surface area contributed by atoms with Crippen molar-refractivity contribution >= 4 is 23.2 Å². The van der Waals surface area contributed by atoms with Gasteiger partial charge in [-0.05, 0) is 54.8 Å². The van der Waals surface area contributed by atoms with Crippen LogP contribution in [-0.4, -0.2) is 16.9 Å². The minimum atomic E-state index is -0.382. The fourth-order valence-electron chi connectivity index (χ4n) is 2.42. The van der Waals surface area contributed by atoms with E-state index in [-0.39, 0.29) is 17.7 Å². The number of thiazole rings is 1. The molecule has 0 aliphatic carbocycles. The maximum atomic E-state index is 12.9. The first-order valence-corrected chi connectivity index (χ1v) is 9.53. The van der Waals surface area contributed by atoms with Crippen molar-refractivity contribution in [3.05, 3.63) is 81.1 Å². The standard InChI is InChI=1S/C22H17FN2O3S/c1-14-21(22(27)24-13-17-3-8-18(23)9-4-17)29-20(25-14)12-7-16-5-10-19(11-6-16)28-15(2)26/h3-6,8-11H,13H2,1-2H3,(H,24,27). The zero-order valence-corrected chi connectivity index (χ0v) is 16.6. The number of carbonyl (C=O) groups excluding carboxylic acids is 2. The van der Waals surface area contributed by atoms with Crippen LogP contribution in [-0.2, 0) is 11.3 Å². The summed E-state index contributed by atoms with van der Waals surface area (Å²) < 4.78 is 17.9. The van der Waals surface area contributed by atoms with E-state index < -0.39 is 0 Å². The van der Waals surface area contributed by atoms with Gasteiger partial charge in [-0.3, -0.25) is 9.59 Å². The van der Waals surface area contributed by atoms with E-state index >= 15 is 0 Å². The van der Waals surface area contributed by atoms with Gasteiger partial charge >= 0.3 is 5.97 Å². The molecule has 3 aromatic rings. The summed E-state index contributed by atoms with van der Waals surface area (Å²) in [6, 6.07) is 12.7. The Labute approximate surface area is 171 Å². The van der Waals surface area contributed by atoms with Gasteiger partial charge in [0.2, 0.25) is 0 Å². The molecule has 29 heavy (non-hydrogen) atoms. The highest BCUT2D eigenvalue weighted by molar-refractivity contribution is 7.14. The van der Waals surface area contributed by atoms with Crippen LogP contribution in [0.4, 0.5) is 4.39 Å². The SMILES string of the molecule is CC(=O)Oc1ccc(C#Cc2nc(C)c(C(=O)NCc3ccc(F)cc3)s2)cc1. The largest absolute Gasteiger partial charge is 0.427 e. The molecule has 1 amide bonds. The molecule has 7 heteroatoms. The fraction of sp³-hybridized carbons (Fsp3) is 0.136. The molecule has 1 heterocycles. The summed E-state index contributed by atoms with van der Waals surface area (Å²) in [6.07, 6.45) is 0. The van der Waals surface area contributed by atoms with Crippen LogP contribution in [0.1, 0.15) is 38.4 Å². The van der Waals surface area contributed by atoms with Gasteiger partial charge in [0, 0.05) is 19.0 Å². The third-order valence-corrected chi connectivity index (χ3v) is 4.87. The Morgan fingerprint density at radius 3 is 2.45 bits per heavy atom. The Kier molecular flexibility index (Phi) is 6.37. The molecule has 5 nitrogen and oxygen atoms in total. The van der Waals surface area contributed by atoms with Crippen LogP contribution in [0.2, 0.25) is 0 Å². The van der Waals surface area contributed by atoms with Crippen molar-refractivity contribution in [2.75, 3.05) is 0 Å². The van der Waals surface area contributed by atoms with E-state index in [0.717, 1.165) is 11.1 Å². The second-order valence-corrected chi connectivity index (χ2v) is 7.11. The minimum absolute atomic E-state index is 0.247. The predicted molar refractivity (Wildman–Crippen MR) is 108 cm³/mol. The number of nitrogens with zero attached hydrogens (tertiary/aromatic N) is 1. The number of hydrogen-bond acceptors (Lipinski definition) is 5. The zero-order chi connectivity index (χ0) is 20.8. The van der Waals surface area contributed by atoms with Crippen LogP contribution in [0.3, 0.4) is 0 Å². The van der Waals surface area contributed by atoms with E-state index in [4.69, 9.17) is 4.74 Å². The van der Waals surface area contributed by atoms with Crippen LogP contribution < -0.4 is 10.1 Å². The molecule has 0 spiro atoms. The molecule has 2 aromatic carbocycles. The Bertz CT molecular complexity index is 1090. The van der Waals surface area contributed by atoms with Crippen molar-refractivity contribution < 1.29 is 18.7 Å². The van der Waals surface area contributed by atoms with Gasteiger partial charge in [0.25, 0.3) is 5.91 Å². The second kappa shape index (κ2) is 9.13. The Morgan fingerprint density at radius 2 is 1.79 bits per heavy atom. The third-order valence-electron chi connectivity index (χ3n) is 3.80. The summed E-state index contributed by atoms with van der Waals surface area (Å²) in [5.41, 5.74) is 2.14. The van der Waals surface area contributed by atoms with Gasteiger partial charge in [0.05, 0.1) is 5.69 Å². The molecule has 0 bridgehead atoms. The number of benzene rings is 2. The van der Waals surface area contributed by atoms with E-state index in [1.54, 1.807) is 43.3 Å². The molecule has 1 aromatic heterocycles. The van der Waals surface area contributed by atoms with Gasteiger partial charge in [-0.1, -0.05) is 18.1 Å². The number of nitrogens with one attached hydrogen (secondary N) is 1. The summed E-state index contributed by atoms with van der Waals surface area (Å²) >= 11 is 1.21. The van der Waals surface area contributed by atoms with Crippen molar-refractivity contribution in [2.24, 2.45) is 0 Å². The fourth-order valence-corrected chi connectivity index (χ4v) is 3.26. The average Bonchev–Trinajstić information content (AvgIpc) is 3.07. The lowest BCUT2D eigenvalue weighted by Gasteiger charge is -2.04. The first kappa shape index (κ1) is 20.2. The highest BCUT2D eigenvalue weighted by Gasteiger charge is 2.14. The molecule has 0 atom stereocenters. The number of aromatic nitrogens is 1. The third kappa shape index (κ3) is 5.74. The number of ether oxygens (including phenoxy) is 1. The van der Waals surface area contributed by atoms with Crippen LogP contribution in [0.25, 0.3) is 0 Å². The van der Waals surface area contributed by atoms with Crippen molar-refractivity contribution in [3.8, 4) is 17.6 Å². The molecular formula is C22H17FN2O3S. The van der Waals surface area contributed by atoms with E-state index in [1.807, 2.05) is 0 Å².